The third-order valence-electron chi connectivity index (χ3n) is 3.16. The van der Waals surface area contributed by atoms with Gasteiger partial charge >= 0.3 is 0 Å². The van der Waals surface area contributed by atoms with Crippen LogP contribution in [0.3, 0.4) is 0 Å². The number of piperidine rings is 1. The fraction of sp³-hybridized carbons (Fsp3) is 0.636. The predicted molar refractivity (Wildman–Crippen MR) is 58.7 cm³/mol. The summed E-state index contributed by atoms with van der Waals surface area (Å²) in [6, 6.07) is 0.0518. The standard InChI is InChI=1S/C11H17N3O2/c1-8-6-12-13-11(8)9-4-2-3-5-14(9)10(16)7-15/h6,9,15H,2-5,7H2,1H3,(H,12,13)/t9-/m0/s1. The van der Waals surface area contributed by atoms with Crippen molar-refractivity contribution < 1.29 is 9.90 Å². The largest absolute Gasteiger partial charge is 0.387 e. The van der Waals surface area contributed by atoms with Gasteiger partial charge < -0.3 is 10.0 Å². The van der Waals surface area contributed by atoms with Gasteiger partial charge in [0.1, 0.15) is 6.61 Å². The van der Waals surface area contributed by atoms with E-state index in [0.717, 1.165) is 37.1 Å². The molecule has 0 spiro atoms. The van der Waals surface area contributed by atoms with Gasteiger partial charge in [-0.25, -0.2) is 0 Å². The molecule has 1 saturated heterocycles. The van der Waals surface area contributed by atoms with E-state index in [-0.39, 0.29) is 11.9 Å². The zero-order valence-electron chi connectivity index (χ0n) is 9.44. The summed E-state index contributed by atoms with van der Waals surface area (Å²) in [6.45, 7) is 2.29. The van der Waals surface area contributed by atoms with Gasteiger partial charge in [-0.15, -0.1) is 0 Å². The van der Waals surface area contributed by atoms with Crippen molar-refractivity contribution in [2.75, 3.05) is 13.2 Å². The third-order valence-corrected chi connectivity index (χ3v) is 3.16. The maximum absolute atomic E-state index is 11.6. The topological polar surface area (TPSA) is 69.2 Å². The van der Waals surface area contributed by atoms with Crippen LogP contribution < -0.4 is 0 Å². The molecule has 5 nitrogen and oxygen atoms in total. The summed E-state index contributed by atoms with van der Waals surface area (Å²) in [6.07, 6.45) is 4.83. The van der Waals surface area contributed by atoms with E-state index in [1.54, 1.807) is 11.1 Å². The Hall–Kier alpha value is -1.36. The molecule has 0 aliphatic carbocycles. The van der Waals surface area contributed by atoms with Crippen molar-refractivity contribution in [1.29, 1.82) is 0 Å². The zero-order valence-corrected chi connectivity index (χ0v) is 9.44. The highest BCUT2D eigenvalue weighted by atomic mass is 16.3. The Morgan fingerprint density at radius 1 is 1.69 bits per heavy atom. The second-order valence-corrected chi connectivity index (χ2v) is 4.22. The summed E-state index contributed by atoms with van der Waals surface area (Å²) >= 11 is 0. The lowest BCUT2D eigenvalue weighted by atomic mass is 9.97. The molecule has 0 saturated carbocycles. The summed E-state index contributed by atoms with van der Waals surface area (Å²) in [4.78, 5) is 13.4. The van der Waals surface area contributed by atoms with Gasteiger partial charge in [0.05, 0.1) is 17.9 Å². The number of aromatic nitrogens is 2. The van der Waals surface area contributed by atoms with Gasteiger partial charge in [-0.3, -0.25) is 9.89 Å². The number of carbonyl (C=O) groups excluding carboxylic acids is 1. The number of amides is 1. The molecule has 0 radical (unpaired) electrons. The predicted octanol–water partition coefficient (Wildman–Crippen LogP) is 0.764. The smallest absolute Gasteiger partial charge is 0.248 e. The van der Waals surface area contributed by atoms with Crippen molar-refractivity contribution in [3.05, 3.63) is 17.5 Å². The molecule has 1 atom stereocenters. The van der Waals surface area contributed by atoms with Crippen LogP contribution in [0.1, 0.15) is 36.6 Å². The van der Waals surface area contributed by atoms with E-state index in [4.69, 9.17) is 5.11 Å². The van der Waals surface area contributed by atoms with Crippen molar-refractivity contribution in [3.8, 4) is 0 Å². The summed E-state index contributed by atoms with van der Waals surface area (Å²) in [7, 11) is 0. The maximum Gasteiger partial charge on any atom is 0.248 e. The number of aryl methyl sites for hydroxylation is 1. The van der Waals surface area contributed by atoms with E-state index in [0.29, 0.717) is 0 Å². The summed E-state index contributed by atoms with van der Waals surface area (Å²) in [5, 5.41) is 15.9. The minimum absolute atomic E-state index is 0.0518. The van der Waals surface area contributed by atoms with Crippen LogP contribution in [0, 0.1) is 6.92 Å². The van der Waals surface area contributed by atoms with Crippen molar-refractivity contribution in [2.24, 2.45) is 0 Å². The average molecular weight is 223 g/mol. The number of aliphatic hydroxyl groups is 1. The molecule has 1 aromatic rings. The van der Waals surface area contributed by atoms with Gasteiger partial charge in [-0.05, 0) is 31.7 Å². The average Bonchev–Trinajstić information content (AvgIpc) is 2.74. The molecule has 0 aromatic carbocycles. The van der Waals surface area contributed by atoms with Crippen LogP contribution in [0.2, 0.25) is 0 Å². The van der Waals surface area contributed by atoms with E-state index in [9.17, 15) is 4.79 Å². The first-order valence-electron chi connectivity index (χ1n) is 5.64. The minimum Gasteiger partial charge on any atom is -0.387 e. The van der Waals surface area contributed by atoms with Crippen LogP contribution in [0.25, 0.3) is 0 Å². The number of aromatic amines is 1. The number of hydrogen-bond donors (Lipinski definition) is 2. The van der Waals surface area contributed by atoms with E-state index in [1.165, 1.54) is 0 Å². The third kappa shape index (κ3) is 1.95. The molecule has 5 heteroatoms. The molecule has 1 fully saturated rings. The highest BCUT2D eigenvalue weighted by Crippen LogP contribution is 2.31. The highest BCUT2D eigenvalue weighted by Gasteiger charge is 2.29. The normalized spacial score (nSPS) is 21.1. The number of nitrogens with one attached hydrogen (secondary N) is 1. The van der Waals surface area contributed by atoms with Crippen LogP contribution in [-0.2, 0) is 4.79 Å². The summed E-state index contributed by atoms with van der Waals surface area (Å²) < 4.78 is 0. The first-order chi connectivity index (χ1) is 7.74. The Labute approximate surface area is 94.5 Å². The number of carbonyl (C=O) groups is 1. The lowest BCUT2D eigenvalue weighted by molar-refractivity contribution is -0.138. The molecule has 1 aliphatic heterocycles. The molecule has 1 amide bonds. The maximum atomic E-state index is 11.6. The number of rotatable bonds is 2. The summed E-state index contributed by atoms with van der Waals surface area (Å²) in [5.74, 6) is -0.196. The minimum atomic E-state index is -0.413. The van der Waals surface area contributed by atoms with Gasteiger partial charge in [-0.1, -0.05) is 0 Å². The molecule has 0 unspecified atom stereocenters. The van der Waals surface area contributed by atoms with Gasteiger partial charge in [-0.2, -0.15) is 5.10 Å². The molecule has 88 valence electrons. The number of likely N-dealkylation sites (tertiary alicyclic amines) is 1. The van der Waals surface area contributed by atoms with Crippen LogP contribution in [0.4, 0.5) is 0 Å². The molecule has 1 aromatic heterocycles. The lowest BCUT2D eigenvalue weighted by Crippen LogP contribution is -2.40. The Kier molecular flexibility index (Phi) is 3.24. The van der Waals surface area contributed by atoms with Crippen molar-refractivity contribution in [1.82, 2.24) is 15.1 Å². The first kappa shape index (κ1) is 11.1. The van der Waals surface area contributed by atoms with Gasteiger partial charge in [0.25, 0.3) is 0 Å². The molecule has 2 N–H and O–H groups in total. The van der Waals surface area contributed by atoms with E-state index < -0.39 is 6.61 Å². The Morgan fingerprint density at radius 3 is 3.12 bits per heavy atom. The number of hydrogen-bond acceptors (Lipinski definition) is 3. The monoisotopic (exact) mass is 223 g/mol. The first-order valence-corrected chi connectivity index (χ1v) is 5.64. The molecule has 0 bridgehead atoms. The molecule has 2 heterocycles. The molecule has 2 rings (SSSR count). The number of H-pyrrole nitrogens is 1. The fourth-order valence-corrected chi connectivity index (χ4v) is 2.31. The van der Waals surface area contributed by atoms with Crippen LogP contribution in [0.5, 0.6) is 0 Å². The number of nitrogens with zero attached hydrogens (tertiary/aromatic N) is 2. The van der Waals surface area contributed by atoms with E-state index in [2.05, 4.69) is 10.2 Å². The molecular weight excluding hydrogens is 206 g/mol. The quantitative estimate of drug-likeness (QED) is 0.777. The van der Waals surface area contributed by atoms with E-state index >= 15 is 0 Å². The van der Waals surface area contributed by atoms with Crippen LogP contribution >= 0.6 is 0 Å². The molecule has 16 heavy (non-hydrogen) atoms. The highest BCUT2D eigenvalue weighted by molar-refractivity contribution is 5.77. The summed E-state index contributed by atoms with van der Waals surface area (Å²) in [5.41, 5.74) is 2.07. The second kappa shape index (κ2) is 4.65. The number of aliphatic hydroxyl groups excluding tert-OH is 1. The Morgan fingerprint density at radius 2 is 2.50 bits per heavy atom. The van der Waals surface area contributed by atoms with Gasteiger partial charge in [0.2, 0.25) is 5.91 Å². The molecule has 1 aliphatic rings. The van der Waals surface area contributed by atoms with Crippen LogP contribution in [0.15, 0.2) is 6.20 Å². The lowest BCUT2D eigenvalue weighted by Gasteiger charge is -2.35. The van der Waals surface area contributed by atoms with Gasteiger partial charge in [0.15, 0.2) is 0 Å². The second-order valence-electron chi connectivity index (χ2n) is 4.22. The SMILES string of the molecule is Cc1cn[nH]c1[C@@H]1CCCCN1C(=O)CO. The van der Waals surface area contributed by atoms with Gasteiger partial charge in [0, 0.05) is 6.54 Å². The van der Waals surface area contributed by atoms with Crippen molar-refractivity contribution in [3.63, 3.8) is 0 Å². The Bertz CT molecular complexity index is 375. The molecular formula is C11H17N3O2. The van der Waals surface area contributed by atoms with Crippen molar-refractivity contribution >= 4 is 5.91 Å². The van der Waals surface area contributed by atoms with Crippen molar-refractivity contribution in [2.45, 2.75) is 32.2 Å². The fourth-order valence-electron chi connectivity index (χ4n) is 2.31. The zero-order chi connectivity index (χ0) is 11.5. The Balaban J connectivity index is 2.23. The van der Waals surface area contributed by atoms with Crippen LogP contribution in [-0.4, -0.2) is 39.3 Å². The van der Waals surface area contributed by atoms with E-state index in [1.807, 2.05) is 6.92 Å².